The van der Waals surface area contributed by atoms with E-state index in [1.165, 1.54) is 23.1 Å². The predicted octanol–water partition coefficient (Wildman–Crippen LogP) is 5.47. The van der Waals surface area contributed by atoms with Crippen LogP contribution < -0.4 is 4.74 Å². The second-order valence-corrected chi connectivity index (χ2v) is 5.97. The summed E-state index contributed by atoms with van der Waals surface area (Å²) in [6, 6.07) is 12.2. The first-order valence-corrected chi connectivity index (χ1v) is 7.57. The number of ether oxygens (including phenoxy) is 1. The van der Waals surface area contributed by atoms with E-state index in [1.54, 1.807) is 7.11 Å². The molecule has 0 amide bonds. The average Bonchev–Trinajstić information content (AvgIpc) is 2.49. The molecular formula is C17H16Cl2O. The van der Waals surface area contributed by atoms with Crippen LogP contribution >= 0.6 is 23.2 Å². The van der Waals surface area contributed by atoms with Crippen LogP contribution in [0.4, 0.5) is 0 Å². The second-order valence-electron chi connectivity index (χ2n) is 5.15. The lowest BCUT2D eigenvalue weighted by Gasteiger charge is -2.28. The highest BCUT2D eigenvalue weighted by Crippen LogP contribution is 2.42. The molecule has 3 heteroatoms. The predicted molar refractivity (Wildman–Crippen MR) is 84.2 cm³/mol. The van der Waals surface area contributed by atoms with Gasteiger partial charge < -0.3 is 4.74 Å². The van der Waals surface area contributed by atoms with Crippen molar-refractivity contribution in [2.75, 3.05) is 7.11 Å². The number of benzene rings is 2. The molecule has 1 atom stereocenters. The van der Waals surface area contributed by atoms with E-state index in [0.717, 1.165) is 18.6 Å². The summed E-state index contributed by atoms with van der Waals surface area (Å²) in [5.41, 5.74) is 3.90. The molecule has 0 N–H and O–H groups in total. The Bertz CT molecular complexity index is 623. The Hall–Kier alpha value is -1.18. The summed E-state index contributed by atoms with van der Waals surface area (Å²) < 4.78 is 5.56. The highest BCUT2D eigenvalue weighted by Gasteiger charge is 2.25. The maximum absolute atomic E-state index is 6.17. The van der Waals surface area contributed by atoms with Crippen LogP contribution in [0, 0.1) is 0 Å². The fourth-order valence-corrected chi connectivity index (χ4v) is 3.39. The Labute approximate surface area is 129 Å². The molecule has 1 aliphatic rings. The minimum Gasteiger partial charge on any atom is -0.496 e. The third-order valence-electron chi connectivity index (χ3n) is 4.01. The van der Waals surface area contributed by atoms with E-state index in [9.17, 15) is 0 Å². The van der Waals surface area contributed by atoms with Gasteiger partial charge in [0.1, 0.15) is 5.75 Å². The third kappa shape index (κ3) is 2.41. The van der Waals surface area contributed by atoms with Crippen molar-refractivity contribution in [1.82, 2.24) is 0 Å². The van der Waals surface area contributed by atoms with Crippen molar-refractivity contribution >= 4 is 23.2 Å². The topological polar surface area (TPSA) is 9.23 Å². The molecule has 1 nitrogen and oxygen atoms in total. The molecule has 1 aliphatic carbocycles. The average molecular weight is 307 g/mol. The van der Waals surface area contributed by atoms with Crippen LogP contribution in [0.2, 0.25) is 10.0 Å². The van der Waals surface area contributed by atoms with Gasteiger partial charge in [0.2, 0.25) is 0 Å². The van der Waals surface area contributed by atoms with Gasteiger partial charge in [-0.15, -0.1) is 0 Å². The van der Waals surface area contributed by atoms with Crippen LogP contribution in [0.15, 0.2) is 36.4 Å². The number of rotatable bonds is 2. The Morgan fingerprint density at radius 1 is 1.10 bits per heavy atom. The summed E-state index contributed by atoms with van der Waals surface area (Å²) in [7, 11) is 1.73. The van der Waals surface area contributed by atoms with Crippen molar-refractivity contribution in [3.05, 3.63) is 63.1 Å². The molecule has 0 aliphatic heterocycles. The summed E-state index contributed by atoms with van der Waals surface area (Å²) in [5, 5.41) is 1.22. The van der Waals surface area contributed by atoms with Crippen LogP contribution in [0.1, 0.15) is 35.4 Å². The number of hydrogen-bond acceptors (Lipinski definition) is 1. The summed E-state index contributed by atoms with van der Waals surface area (Å²) in [5.74, 6) is 1.31. The van der Waals surface area contributed by atoms with Gasteiger partial charge in [0.25, 0.3) is 0 Å². The standard InChI is InChI=1S/C17H16Cl2O/c1-20-16-7-3-5-11-4-2-6-13(17(11)16)12-8-9-14(18)15(19)10-12/h3,5,7-10,13H,2,4,6H2,1H3/t13-/m1/s1. The van der Waals surface area contributed by atoms with Gasteiger partial charge in [-0.1, -0.05) is 41.4 Å². The number of halogens is 2. The fourth-order valence-electron chi connectivity index (χ4n) is 3.08. The third-order valence-corrected chi connectivity index (χ3v) is 4.75. The van der Waals surface area contributed by atoms with Gasteiger partial charge in [-0.25, -0.2) is 0 Å². The smallest absolute Gasteiger partial charge is 0.122 e. The van der Waals surface area contributed by atoms with Gasteiger partial charge in [-0.2, -0.15) is 0 Å². The van der Waals surface area contributed by atoms with Crippen molar-refractivity contribution < 1.29 is 4.74 Å². The fraction of sp³-hybridized carbons (Fsp3) is 0.294. The zero-order valence-corrected chi connectivity index (χ0v) is 12.8. The molecule has 0 radical (unpaired) electrons. The molecule has 0 heterocycles. The Kier molecular flexibility index (Phi) is 3.91. The monoisotopic (exact) mass is 306 g/mol. The van der Waals surface area contributed by atoms with Gasteiger partial charge in [-0.3, -0.25) is 0 Å². The van der Waals surface area contributed by atoms with E-state index in [-0.39, 0.29) is 0 Å². The quantitative estimate of drug-likeness (QED) is 0.715. The Balaban J connectivity index is 2.11. The maximum atomic E-state index is 6.17. The van der Waals surface area contributed by atoms with Gasteiger partial charge in [0.15, 0.2) is 0 Å². The van der Waals surface area contributed by atoms with Gasteiger partial charge in [0, 0.05) is 11.5 Å². The van der Waals surface area contributed by atoms with Crippen molar-refractivity contribution in [2.24, 2.45) is 0 Å². The lowest BCUT2D eigenvalue weighted by Crippen LogP contribution is -2.12. The van der Waals surface area contributed by atoms with Crippen LogP contribution in [-0.2, 0) is 6.42 Å². The molecule has 2 aromatic rings. The van der Waals surface area contributed by atoms with E-state index in [0.29, 0.717) is 16.0 Å². The maximum Gasteiger partial charge on any atom is 0.122 e. The number of aryl methyl sites for hydroxylation is 1. The number of hydrogen-bond donors (Lipinski definition) is 0. The second kappa shape index (κ2) is 5.67. The molecule has 0 unspecified atom stereocenters. The van der Waals surface area contributed by atoms with E-state index >= 15 is 0 Å². The minimum absolute atomic E-state index is 0.338. The normalized spacial score (nSPS) is 17.6. The highest BCUT2D eigenvalue weighted by molar-refractivity contribution is 6.42. The molecular weight excluding hydrogens is 291 g/mol. The largest absolute Gasteiger partial charge is 0.496 e. The van der Waals surface area contributed by atoms with E-state index < -0.39 is 0 Å². The molecule has 0 bridgehead atoms. The molecule has 2 aromatic carbocycles. The van der Waals surface area contributed by atoms with Crippen LogP contribution in [-0.4, -0.2) is 7.11 Å². The van der Waals surface area contributed by atoms with E-state index in [2.05, 4.69) is 18.2 Å². The highest BCUT2D eigenvalue weighted by atomic mass is 35.5. The minimum atomic E-state index is 0.338. The van der Waals surface area contributed by atoms with E-state index in [4.69, 9.17) is 27.9 Å². The van der Waals surface area contributed by atoms with Gasteiger partial charge >= 0.3 is 0 Å². The zero-order chi connectivity index (χ0) is 14.1. The SMILES string of the molecule is COc1cccc2c1[C@@H](c1ccc(Cl)c(Cl)c1)CCC2. The summed E-state index contributed by atoms with van der Waals surface area (Å²) in [6.45, 7) is 0. The van der Waals surface area contributed by atoms with Crippen LogP contribution in [0.3, 0.4) is 0 Å². The van der Waals surface area contributed by atoms with Gasteiger partial charge in [0.05, 0.1) is 17.2 Å². The molecule has 0 saturated heterocycles. The van der Waals surface area contributed by atoms with Gasteiger partial charge in [-0.05, 0) is 48.6 Å². The van der Waals surface area contributed by atoms with Crippen molar-refractivity contribution in [2.45, 2.75) is 25.2 Å². The molecule has 0 spiro atoms. The van der Waals surface area contributed by atoms with Crippen LogP contribution in [0.25, 0.3) is 0 Å². The summed E-state index contributed by atoms with van der Waals surface area (Å²) >= 11 is 12.2. The summed E-state index contributed by atoms with van der Waals surface area (Å²) in [4.78, 5) is 0. The van der Waals surface area contributed by atoms with Crippen LogP contribution in [0.5, 0.6) is 5.75 Å². The number of fused-ring (bicyclic) bond motifs is 1. The molecule has 0 saturated carbocycles. The molecule has 3 rings (SSSR count). The van der Waals surface area contributed by atoms with Crippen molar-refractivity contribution in [3.63, 3.8) is 0 Å². The first-order chi connectivity index (χ1) is 9.70. The van der Waals surface area contributed by atoms with E-state index in [1.807, 2.05) is 18.2 Å². The zero-order valence-electron chi connectivity index (χ0n) is 11.3. The molecule has 104 valence electrons. The molecule has 20 heavy (non-hydrogen) atoms. The Morgan fingerprint density at radius 3 is 2.70 bits per heavy atom. The summed E-state index contributed by atoms with van der Waals surface area (Å²) in [6.07, 6.45) is 3.42. The molecule has 0 aromatic heterocycles. The Morgan fingerprint density at radius 2 is 1.95 bits per heavy atom. The van der Waals surface area contributed by atoms with Crippen molar-refractivity contribution in [3.8, 4) is 5.75 Å². The first kappa shape index (κ1) is 13.8. The van der Waals surface area contributed by atoms with Crippen molar-refractivity contribution in [1.29, 1.82) is 0 Å². The lowest BCUT2D eigenvalue weighted by atomic mass is 9.78. The molecule has 0 fully saturated rings. The lowest BCUT2D eigenvalue weighted by molar-refractivity contribution is 0.402. The first-order valence-electron chi connectivity index (χ1n) is 6.81. The number of methoxy groups -OCH3 is 1.